The quantitative estimate of drug-likeness (QED) is 0.0335. The minimum Gasteiger partial charge on any atom is -0.466 e. The van der Waals surface area contributed by atoms with E-state index in [1.54, 1.807) is 0 Å². The van der Waals surface area contributed by atoms with Crippen molar-refractivity contribution >= 4 is 30.0 Å². The van der Waals surface area contributed by atoms with Gasteiger partial charge in [-0.05, 0) is 85.0 Å². The molecule has 0 bridgehead atoms. The number of ether oxygens (including phenoxy) is 5. The van der Waals surface area contributed by atoms with Gasteiger partial charge >= 0.3 is 30.0 Å². The number of hydrogen-bond donors (Lipinski definition) is 0. The van der Waals surface area contributed by atoms with E-state index in [4.69, 9.17) is 23.7 Å². The summed E-state index contributed by atoms with van der Waals surface area (Å²) in [4.78, 5) is 65.4. The van der Waals surface area contributed by atoms with Crippen molar-refractivity contribution in [3.8, 4) is 0 Å². The largest absolute Gasteiger partial charge is 0.466 e. The lowest BCUT2D eigenvalue weighted by Gasteiger charge is -2.28. The molecule has 1 rings (SSSR count). The third-order valence-electron chi connectivity index (χ3n) is 11.4. The zero-order valence-electron chi connectivity index (χ0n) is 40.0. The Morgan fingerprint density at radius 3 is 1.48 bits per heavy atom. The number of esters is 4. The Balaban J connectivity index is 2.60. The third-order valence-corrected chi connectivity index (χ3v) is 11.4. The van der Waals surface area contributed by atoms with Gasteiger partial charge in [0, 0.05) is 31.7 Å². The van der Waals surface area contributed by atoms with Gasteiger partial charge in [-0.1, -0.05) is 136 Å². The van der Waals surface area contributed by atoms with Crippen molar-refractivity contribution in [2.75, 3.05) is 26.4 Å². The van der Waals surface area contributed by atoms with Gasteiger partial charge in [-0.25, -0.2) is 9.59 Å². The number of likely N-dealkylation sites (tertiary alicyclic amines) is 1. The Labute approximate surface area is 372 Å². The maximum Gasteiger partial charge on any atom is 0.411 e. The van der Waals surface area contributed by atoms with Crippen molar-refractivity contribution in [1.82, 2.24) is 4.90 Å². The van der Waals surface area contributed by atoms with Crippen LogP contribution in [0.3, 0.4) is 0 Å². The van der Waals surface area contributed by atoms with Gasteiger partial charge in [0.05, 0.1) is 19.8 Å². The van der Waals surface area contributed by atoms with E-state index in [-0.39, 0.29) is 62.1 Å². The number of nitrogens with zero attached hydrogens (tertiary/aromatic N) is 1. The lowest BCUT2D eigenvalue weighted by molar-refractivity contribution is -0.156. The molecule has 0 N–H and O–H groups in total. The summed E-state index contributed by atoms with van der Waals surface area (Å²) in [5.41, 5.74) is -0.654. The monoisotopic (exact) mass is 866 g/mol. The smallest absolute Gasteiger partial charge is 0.411 e. The van der Waals surface area contributed by atoms with E-state index in [0.29, 0.717) is 57.9 Å². The summed E-state index contributed by atoms with van der Waals surface area (Å²) >= 11 is 0. The molecule has 1 heterocycles. The molecule has 1 saturated heterocycles. The summed E-state index contributed by atoms with van der Waals surface area (Å²) in [5.74, 6) is -1.21. The van der Waals surface area contributed by atoms with Gasteiger partial charge in [-0.3, -0.25) is 19.3 Å². The fourth-order valence-electron chi connectivity index (χ4n) is 7.71. The number of carbonyl (C=O) groups excluding carboxylic acids is 5. The first-order valence-electron chi connectivity index (χ1n) is 25.1. The van der Waals surface area contributed by atoms with Crippen LogP contribution in [0.2, 0.25) is 0 Å². The van der Waals surface area contributed by atoms with E-state index in [1.807, 2.05) is 20.8 Å². The second kappa shape index (κ2) is 36.6. The molecule has 1 aliphatic heterocycles. The van der Waals surface area contributed by atoms with E-state index in [9.17, 15) is 24.0 Å². The Kier molecular flexibility index (Phi) is 33.7. The molecule has 1 amide bonds. The number of rotatable bonds is 38. The topological polar surface area (TPSA) is 135 Å². The zero-order valence-corrected chi connectivity index (χ0v) is 40.0. The molecule has 2 atom stereocenters. The molecule has 61 heavy (non-hydrogen) atoms. The van der Waals surface area contributed by atoms with Crippen LogP contribution in [0, 0.1) is 5.92 Å². The minimum absolute atomic E-state index is 0.125. The Hall–Kier alpha value is -2.85. The second-order valence-electron chi connectivity index (χ2n) is 18.5. The molecule has 2 unspecified atom stereocenters. The number of carbonyl (C=O) groups is 5. The normalized spacial score (nSPS) is 14.5. The van der Waals surface area contributed by atoms with Gasteiger partial charge in [0.15, 0.2) is 0 Å². The van der Waals surface area contributed by atoms with Crippen LogP contribution in [0.15, 0.2) is 0 Å². The van der Waals surface area contributed by atoms with Crippen LogP contribution in [0.4, 0.5) is 4.79 Å². The van der Waals surface area contributed by atoms with Gasteiger partial charge in [-0.2, -0.15) is 0 Å². The third kappa shape index (κ3) is 31.6. The van der Waals surface area contributed by atoms with Gasteiger partial charge in [0.25, 0.3) is 0 Å². The van der Waals surface area contributed by atoms with Crippen molar-refractivity contribution in [2.24, 2.45) is 5.92 Å². The molecule has 0 saturated carbocycles. The van der Waals surface area contributed by atoms with Crippen LogP contribution in [0.1, 0.15) is 241 Å². The summed E-state index contributed by atoms with van der Waals surface area (Å²) in [7, 11) is 0. The van der Waals surface area contributed by atoms with E-state index in [0.717, 1.165) is 83.5 Å². The summed E-state index contributed by atoms with van der Waals surface area (Å²) in [6, 6.07) is -0.651. The van der Waals surface area contributed by atoms with Gasteiger partial charge in [-0.15, -0.1) is 0 Å². The molecule has 1 fully saturated rings. The molecule has 0 aromatic rings. The first-order chi connectivity index (χ1) is 29.4. The van der Waals surface area contributed by atoms with E-state index < -0.39 is 17.7 Å². The fourth-order valence-corrected chi connectivity index (χ4v) is 7.71. The first-order valence-corrected chi connectivity index (χ1v) is 25.1. The standard InChI is InChI=1S/C50H91NO10/c1-7-10-13-16-17-18-19-20-23-24-32-43(60-48(55)44-34-29-38-51(44)49(56)61-50(4,5)6)33-30-39-57-45(52)37-28-27-31-42(40-58-46(53)35-25-21-14-11-8-2)41-59-47(54)36-26-22-15-12-9-3/h42-44H,7-41H2,1-6H3. The molecule has 0 radical (unpaired) electrons. The fraction of sp³-hybridized carbons (Fsp3) is 0.900. The lowest BCUT2D eigenvalue weighted by atomic mass is 10.0. The van der Waals surface area contributed by atoms with Crippen LogP contribution in [0.25, 0.3) is 0 Å². The highest BCUT2D eigenvalue weighted by molar-refractivity contribution is 5.82. The highest BCUT2D eigenvalue weighted by Gasteiger charge is 2.38. The van der Waals surface area contributed by atoms with Gasteiger partial charge < -0.3 is 23.7 Å². The van der Waals surface area contributed by atoms with Crippen molar-refractivity contribution in [1.29, 1.82) is 0 Å². The minimum atomic E-state index is -0.654. The van der Waals surface area contributed by atoms with Gasteiger partial charge in [0.2, 0.25) is 0 Å². The summed E-state index contributed by atoms with van der Waals surface area (Å²) in [5, 5.41) is 0. The number of amides is 1. The number of hydrogen-bond acceptors (Lipinski definition) is 10. The maximum atomic E-state index is 13.4. The van der Waals surface area contributed by atoms with E-state index >= 15 is 0 Å². The van der Waals surface area contributed by atoms with Crippen molar-refractivity contribution in [3.05, 3.63) is 0 Å². The van der Waals surface area contributed by atoms with Crippen molar-refractivity contribution < 1.29 is 47.7 Å². The van der Waals surface area contributed by atoms with Crippen molar-refractivity contribution in [3.63, 3.8) is 0 Å². The SMILES string of the molecule is CCCCCCCCCCCCC(CCCOC(=O)CCCCC(COC(=O)CCCCCCC)COC(=O)CCCCCCC)OC(=O)C1CCCN1C(=O)OC(C)(C)C. The predicted molar refractivity (Wildman–Crippen MR) is 243 cm³/mol. The molecular weight excluding hydrogens is 775 g/mol. The maximum absolute atomic E-state index is 13.4. The Morgan fingerprint density at radius 1 is 0.541 bits per heavy atom. The molecular formula is C50H91NO10. The summed E-state index contributed by atoms with van der Waals surface area (Å²) in [6.45, 7) is 13.1. The van der Waals surface area contributed by atoms with E-state index in [2.05, 4.69) is 20.8 Å². The molecule has 0 aromatic heterocycles. The molecule has 0 spiro atoms. The highest BCUT2D eigenvalue weighted by atomic mass is 16.6. The average Bonchev–Trinajstić information content (AvgIpc) is 3.72. The highest BCUT2D eigenvalue weighted by Crippen LogP contribution is 2.24. The molecule has 11 nitrogen and oxygen atoms in total. The van der Waals surface area contributed by atoms with Gasteiger partial charge in [0.1, 0.15) is 17.7 Å². The Bertz CT molecular complexity index is 1120. The molecule has 356 valence electrons. The summed E-state index contributed by atoms with van der Waals surface area (Å²) in [6.07, 6.45) is 28.1. The zero-order chi connectivity index (χ0) is 45.0. The summed E-state index contributed by atoms with van der Waals surface area (Å²) < 4.78 is 28.5. The molecule has 0 aromatic carbocycles. The molecule has 11 heteroatoms. The van der Waals surface area contributed by atoms with Crippen LogP contribution < -0.4 is 0 Å². The van der Waals surface area contributed by atoms with E-state index in [1.165, 1.54) is 62.7 Å². The molecule has 1 aliphatic rings. The first kappa shape index (κ1) is 56.2. The van der Waals surface area contributed by atoms with Crippen LogP contribution in [-0.2, 0) is 42.9 Å². The lowest BCUT2D eigenvalue weighted by Crippen LogP contribution is -2.44. The predicted octanol–water partition coefficient (Wildman–Crippen LogP) is 12.9. The average molecular weight is 866 g/mol. The van der Waals surface area contributed by atoms with Crippen LogP contribution in [0.5, 0.6) is 0 Å². The van der Waals surface area contributed by atoms with Crippen LogP contribution >= 0.6 is 0 Å². The Morgan fingerprint density at radius 2 is 0.967 bits per heavy atom. The number of unbranched alkanes of at least 4 members (excludes halogenated alkanes) is 18. The van der Waals surface area contributed by atoms with Crippen LogP contribution in [-0.4, -0.2) is 79.0 Å². The van der Waals surface area contributed by atoms with Crippen molar-refractivity contribution in [2.45, 2.75) is 258 Å². The molecule has 0 aliphatic carbocycles. The second-order valence-corrected chi connectivity index (χ2v) is 18.5.